The molecule has 0 amide bonds. The minimum Gasteiger partial charge on any atom is -0.381 e. The summed E-state index contributed by atoms with van der Waals surface area (Å²) in [5.41, 5.74) is 0.982. The van der Waals surface area contributed by atoms with Crippen LogP contribution in [-0.2, 0) is 4.74 Å². The first-order valence-electron chi connectivity index (χ1n) is 5.77. The molecule has 17 heavy (non-hydrogen) atoms. The summed E-state index contributed by atoms with van der Waals surface area (Å²) >= 11 is 0. The lowest BCUT2D eigenvalue weighted by Gasteiger charge is -2.20. The van der Waals surface area contributed by atoms with Crippen LogP contribution in [0.15, 0.2) is 18.3 Å². The molecule has 1 aromatic heterocycles. The summed E-state index contributed by atoms with van der Waals surface area (Å²) in [7, 11) is 0. The molecule has 1 saturated heterocycles. The fourth-order valence-corrected chi connectivity index (χ4v) is 1.92. The van der Waals surface area contributed by atoms with Crippen LogP contribution in [0.1, 0.15) is 40.6 Å². The third-order valence-electron chi connectivity index (χ3n) is 3.01. The maximum Gasteiger partial charge on any atom is 0.184 e. The smallest absolute Gasteiger partial charge is 0.184 e. The molecule has 1 fully saturated rings. The lowest BCUT2D eigenvalue weighted by molar-refractivity contribution is 0.0541. The summed E-state index contributed by atoms with van der Waals surface area (Å²) in [5, 5.41) is 0. The van der Waals surface area contributed by atoms with Crippen molar-refractivity contribution < 1.29 is 14.3 Å². The molecule has 1 aliphatic heterocycles. The molecule has 0 spiro atoms. The molecule has 0 saturated carbocycles. The first kappa shape index (κ1) is 11.9. The van der Waals surface area contributed by atoms with Crippen LogP contribution in [0.25, 0.3) is 0 Å². The number of hydrogen-bond donors (Lipinski definition) is 0. The van der Waals surface area contributed by atoms with Crippen molar-refractivity contribution in [2.24, 2.45) is 5.92 Å². The second-order valence-corrected chi connectivity index (χ2v) is 4.24. The Labute approximate surface area is 100 Å². The van der Waals surface area contributed by atoms with E-state index in [1.54, 1.807) is 12.1 Å². The van der Waals surface area contributed by atoms with Gasteiger partial charge >= 0.3 is 0 Å². The van der Waals surface area contributed by atoms with E-state index < -0.39 is 0 Å². The SMILES string of the molecule is CC(=O)c1ccc(C(=O)C2CCOCC2)nc1. The third-order valence-corrected chi connectivity index (χ3v) is 3.01. The van der Waals surface area contributed by atoms with Crippen LogP contribution in [0.2, 0.25) is 0 Å². The van der Waals surface area contributed by atoms with Gasteiger partial charge in [0.1, 0.15) is 5.69 Å². The van der Waals surface area contributed by atoms with Crippen molar-refractivity contribution in [3.8, 4) is 0 Å². The van der Waals surface area contributed by atoms with E-state index in [9.17, 15) is 9.59 Å². The van der Waals surface area contributed by atoms with Crippen molar-refractivity contribution >= 4 is 11.6 Å². The molecule has 90 valence electrons. The second-order valence-electron chi connectivity index (χ2n) is 4.24. The quantitative estimate of drug-likeness (QED) is 0.748. The summed E-state index contributed by atoms with van der Waals surface area (Å²) in [6, 6.07) is 3.29. The van der Waals surface area contributed by atoms with Crippen LogP contribution in [0.3, 0.4) is 0 Å². The van der Waals surface area contributed by atoms with E-state index in [1.165, 1.54) is 13.1 Å². The van der Waals surface area contributed by atoms with E-state index in [0.29, 0.717) is 24.5 Å². The zero-order valence-corrected chi connectivity index (χ0v) is 9.81. The van der Waals surface area contributed by atoms with E-state index in [4.69, 9.17) is 4.74 Å². The van der Waals surface area contributed by atoms with E-state index in [2.05, 4.69) is 4.98 Å². The van der Waals surface area contributed by atoms with Crippen molar-refractivity contribution in [1.82, 2.24) is 4.98 Å². The molecule has 0 bridgehead atoms. The van der Waals surface area contributed by atoms with E-state index in [-0.39, 0.29) is 17.5 Å². The van der Waals surface area contributed by atoms with E-state index in [0.717, 1.165) is 12.8 Å². The van der Waals surface area contributed by atoms with Crippen LogP contribution >= 0.6 is 0 Å². The number of ether oxygens (including phenoxy) is 1. The average molecular weight is 233 g/mol. The highest BCUT2D eigenvalue weighted by Crippen LogP contribution is 2.19. The highest BCUT2D eigenvalue weighted by Gasteiger charge is 2.23. The average Bonchev–Trinajstić information content (AvgIpc) is 2.39. The number of carbonyl (C=O) groups excluding carboxylic acids is 2. The van der Waals surface area contributed by atoms with Gasteiger partial charge in [-0.3, -0.25) is 14.6 Å². The topological polar surface area (TPSA) is 56.3 Å². The van der Waals surface area contributed by atoms with E-state index in [1.807, 2.05) is 0 Å². The molecule has 2 heterocycles. The molecular formula is C13H15NO3. The molecular weight excluding hydrogens is 218 g/mol. The van der Waals surface area contributed by atoms with Gasteiger partial charge in [0.05, 0.1) is 0 Å². The Hall–Kier alpha value is -1.55. The molecule has 0 aliphatic carbocycles. The Bertz CT molecular complexity index is 419. The Morgan fingerprint density at radius 3 is 2.53 bits per heavy atom. The number of aromatic nitrogens is 1. The second kappa shape index (κ2) is 5.19. The molecule has 0 N–H and O–H groups in total. The number of hydrogen-bond acceptors (Lipinski definition) is 4. The van der Waals surface area contributed by atoms with Gasteiger partial charge in [0.25, 0.3) is 0 Å². The van der Waals surface area contributed by atoms with Gasteiger partial charge in [0.2, 0.25) is 0 Å². The maximum absolute atomic E-state index is 12.1. The van der Waals surface area contributed by atoms with Crippen LogP contribution in [-0.4, -0.2) is 29.8 Å². The van der Waals surface area contributed by atoms with Gasteiger partial charge in [0.15, 0.2) is 11.6 Å². The van der Waals surface area contributed by atoms with Crippen LogP contribution in [0.5, 0.6) is 0 Å². The molecule has 2 rings (SSSR count). The van der Waals surface area contributed by atoms with Crippen molar-refractivity contribution in [2.45, 2.75) is 19.8 Å². The Balaban J connectivity index is 2.10. The summed E-state index contributed by atoms with van der Waals surface area (Å²) in [4.78, 5) is 27.2. The number of rotatable bonds is 3. The molecule has 4 nitrogen and oxygen atoms in total. The summed E-state index contributed by atoms with van der Waals surface area (Å²) < 4.78 is 5.22. The summed E-state index contributed by atoms with van der Waals surface area (Å²) in [6.45, 7) is 2.76. The molecule has 0 atom stereocenters. The number of nitrogens with zero attached hydrogens (tertiary/aromatic N) is 1. The van der Waals surface area contributed by atoms with Gasteiger partial charge < -0.3 is 4.74 Å². The summed E-state index contributed by atoms with van der Waals surface area (Å²) in [5.74, 6) is 0.0328. The van der Waals surface area contributed by atoms with Gasteiger partial charge in [-0.25, -0.2) is 0 Å². The highest BCUT2D eigenvalue weighted by molar-refractivity contribution is 5.98. The minimum atomic E-state index is -0.0393. The predicted octanol–water partition coefficient (Wildman–Crippen LogP) is 1.89. The van der Waals surface area contributed by atoms with Crippen molar-refractivity contribution in [3.63, 3.8) is 0 Å². The number of carbonyl (C=O) groups is 2. The zero-order chi connectivity index (χ0) is 12.3. The molecule has 1 aliphatic rings. The highest BCUT2D eigenvalue weighted by atomic mass is 16.5. The largest absolute Gasteiger partial charge is 0.381 e. The first-order valence-corrected chi connectivity index (χ1v) is 5.77. The minimum absolute atomic E-state index is 0.0134. The standard InChI is InChI=1S/C13H15NO3/c1-9(15)11-2-3-12(14-8-11)13(16)10-4-6-17-7-5-10/h2-3,8,10H,4-7H2,1H3. The predicted molar refractivity (Wildman–Crippen MR) is 62.1 cm³/mol. The lowest BCUT2D eigenvalue weighted by atomic mass is 9.93. The monoisotopic (exact) mass is 233 g/mol. The Kier molecular flexibility index (Phi) is 3.64. The molecule has 0 radical (unpaired) electrons. The Morgan fingerprint density at radius 2 is 2.00 bits per heavy atom. The van der Waals surface area contributed by atoms with Gasteiger partial charge in [-0.15, -0.1) is 0 Å². The fraction of sp³-hybridized carbons (Fsp3) is 0.462. The number of ketones is 2. The molecule has 1 aromatic rings. The van der Waals surface area contributed by atoms with Gasteiger partial charge in [-0.05, 0) is 31.9 Å². The van der Waals surface area contributed by atoms with Crippen molar-refractivity contribution in [1.29, 1.82) is 0 Å². The summed E-state index contributed by atoms with van der Waals surface area (Å²) in [6.07, 6.45) is 2.98. The molecule has 0 unspecified atom stereocenters. The fourth-order valence-electron chi connectivity index (χ4n) is 1.92. The first-order chi connectivity index (χ1) is 8.18. The lowest BCUT2D eigenvalue weighted by Crippen LogP contribution is -2.24. The van der Waals surface area contributed by atoms with Gasteiger partial charge in [-0.1, -0.05) is 0 Å². The molecule has 0 aromatic carbocycles. The normalized spacial score (nSPS) is 16.8. The van der Waals surface area contributed by atoms with Gasteiger partial charge in [0, 0.05) is 30.9 Å². The Morgan fingerprint density at radius 1 is 1.29 bits per heavy atom. The molecule has 4 heteroatoms. The van der Waals surface area contributed by atoms with Crippen molar-refractivity contribution in [2.75, 3.05) is 13.2 Å². The number of Topliss-reactive ketones (excluding diaryl/α,β-unsaturated/α-hetero) is 2. The van der Waals surface area contributed by atoms with Crippen LogP contribution < -0.4 is 0 Å². The van der Waals surface area contributed by atoms with E-state index >= 15 is 0 Å². The van der Waals surface area contributed by atoms with Crippen molar-refractivity contribution in [3.05, 3.63) is 29.6 Å². The zero-order valence-electron chi connectivity index (χ0n) is 9.81. The van der Waals surface area contributed by atoms with Gasteiger partial charge in [-0.2, -0.15) is 0 Å². The number of pyridine rings is 1. The third kappa shape index (κ3) is 2.77. The maximum atomic E-state index is 12.1. The van der Waals surface area contributed by atoms with Crippen LogP contribution in [0.4, 0.5) is 0 Å². The van der Waals surface area contributed by atoms with Crippen LogP contribution in [0, 0.1) is 5.92 Å².